The lowest BCUT2D eigenvalue weighted by Gasteiger charge is -2.47. The molecule has 2 heterocycles. The molecule has 0 bridgehead atoms. The average molecular weight is 288 g/mol. The van der Waals surface area contributed by atoms with Crippen molar-refractivity contribution < 1.29 is 18.3 Å². The molecule has 2 saturated heterocycles. The van der Waals surface area contributed by atoms with Gasteiger partial charge in [0.05, 0.1) is 24.6 Å². The van der Waals surface area contributed by atoms with E-state index in [1.165, 1.54) is 0 Å². The maximum atomic E-state index is 12.0. The van der Waals surface area contributed by atoms with Crippen molar-refractivity contribution in [2.75, 3.05) is 31.1 Å². The summed E-state index contributed by atoms with van der Waals surface area (Å²) in [5, 5.41) is 13.2. The van der Waals surface area contributed by atoms with Crippen LogP contribution in [0.5, 0.6) is 0 Å². The first-order chi connectivity index (χ1) is 8.88. The topological polar surface area (TPSA) is 86.7 Å². The number of β-amino-alcohol motifs (C(OH)–C–C–N with tert-alkyl or cyclic N) is 1. The molecule has 19 heavy (non-hydrogen) atoms. The van der Waals surface area contributed by atoms with Gasteiger partial charge in [0.2, 0.25) is 5.91 Å². The number of carbonyl (C=O) groups excluding carboxylic acids is 1. The second kappa shape index (κ2) is 4.43. The van der Waals surface area contributed by atoms with Crippen LogP contribution < -0.4 is 5.32 Å². The van der Waals surface area contributed by atoms with E-state index < -0.39 is 15.4 Å². The molecule has 3 fully saturated rings. The molecule has 1 saturated carbocycles. The highest BCUT2D eigenvalue weighted by molar-refractivity contribution is 7.91. The lowest BCUT2D eigenvalue weighted by molar-refractivity contribution is -0.159. The summed E-state index contributed by atoms with van der Waals surface area (Å²) in [6.07, 6.45) is 2.32. The van der Waals surface area contributed by atoms with E-state index >= 15 is 0 Å². The Labute approximate surface area is 113 Å². The Kier molecular flexibility index (Phi) is 3.11. The minimum atomic E-state index is -3.00. The summed E-state index contributed by atoms with van der Waals surface area (Å²) >= 11 is 0. The standard InChI is InChI=1S/C12H20N2O4S/c15-11(5-10-6-19(17,18)4-3-13-10)14-7-12(16,8-14)9-1-2-9/h9-10,13,16H,1-8H2. The fraction of sp³-hybridized carbons (Fsp3) is 0.917. The van der Waals surface area contributed by atoms with Crippen molar-refractivity contribution in [3.05, 3.63) is 0 Å². The van der Waals surface area contributed by atoms with Gasteiger partial charge in [0, 0.05) is 19.0 Å². The molecule has 1 amide bonds. The van der Waals surface area contributed by atoms with Crippen molar-refractivity contribution in [1.29, 1.82) is 0 Å². The van der Waals surface area contributed by atoms with Crippen molar-refractivity contribution in [3.63, 3.8) is 0 Å². The number of rotatable bonds is 3. The van der Waals surface area contributed by atoms with E-state index in [0.717, 1.165) is 12.8 Å². The van der Waals surface area contributed by atoms with Gasteiger partial charge >= 0.3 is 0 Å². The molecule has 1 unspecified atom stereocenters. The second-order valence-corrected chi connectivity index (χ2v) is 8.33. The normalized spacial score (nSPS) is 32.7. The van der Waals surface area contributed by atoms with Gasteiger partial charge in [-0.1, -0.05) is 0 Å². The van der Waals surface area contributed by atoms with Crippen LogP contribution in [0.1, 0.15) is 19.3 Å². The summed E-state index contributed by atoms with van der Waals surface area (Å²) in [7, 11) is -3.00. The SMILES string of the molecule is O=C(CC1CS(=O)(=O)CCN1)N1CC(O)(C2CC2)C1. The molecule has 3 aliphatic rings. The monoisotopic (exact) mass is 288 g/mol. The molecule has 1 aliphatic carbocycles. The molecular formula is C12H20N2O4S. The number of amides is 1. The predicted molar refractivity (Wildman–Crippen MR) is 69.3 cm³/mol. The van der Waals surface area contributed by atoms with E-state index in [1.54, 1.807) is 4.90 Å². The Morgan fingerprint density at radius 2 is 2.05 bits per heavy atom. The molecule has 0 aromatic rings. The van der Waals surface area contributed by atoms with Crippen LogP contribution in [0.2, 0.25) is 0 Å². The fourth-order valence-corrected chi connectivity index (χ4v) is 4.45. The molecule has 0 aromatic carbocycles. The van der Waals surface area contributed by atoms with Crippen molar-refractivity contribution in [3.8, 4) is 0 Å². The third-order valence-electron chi connectivity index (χ3n) is 4.34. The van der Waals surface area contributed by atoms with Gasteiger partial charge in [0.25, 0.3) is 0 Å². The lowest BCUT2D eigenvalue weighted by Crippen LogP contribution is -2.65. The fourth-order valence-electron chi connectivity index (χ4n) is 3.01. The number of nitrogens with one attached hydrogen (secondary N) is 1. The number of hydrogen-bond donors (Lipinski definition) is 2. The highest BCUT2D eigenvalue weighted by atomic mass is 32.2. The van der Waals surface area contributed by atoms with Crippen LogP contribution in [-0.4, -0.2) is 67.1 Å². The Morgan fingerprint density at radius 1 is 1.37 bits per heavy atom. The van der Waals surface area contributed by atoms with E-state index in [0.29, 0.717) is 25.6 Å². The molecule has 0 aromatic heterocycles. The molecule has 0 spiro atoms. The summed E-state index contributed by atoms with van der Waals surface area (Å²) in [5.74, 6) is 0.507. The predicted octanol–water partition coefficient (Wildman–Crippen LogP) is -1.25. The van der Waals surface area contributed by atoms with Crippen LogP contribution >= 0.6 is 0 Å². The van der Waals surface area contributed by atoms with Crippen LogP contribution in [0.15, 0.2) is 0 Å². The lowest BCUT2D eigenvalue weighted by atomic mass is 9.88. The number of likely N-dealkylation sites (tertiary alicyclic amines) is 1. The van der Waals surface area contributed by atoms with Gasteiger partial charge in [-0.25, -0.2) is 8.42 Å². The zero-order valence-corrected chi connectivity index (χ0v) is 11.7. The maximum Gasteiger partial charge on any atom is 0.224 e. The minimum absolute atomic E-state index is 0.0411. The first kappa shape index (κ1) is 13.3. The summed E-state index contributed by atoms with van der Waals surface area (Å²) in [4.78, 5) is 13.7. The smallest absolute Gasteiger partial charge is 0.224 e. The van der Waals surface area contributed by atoms with Gasteiger partial charge < -0.3 is 15.3 Å². The number of nitrogens with zero attached hydrogens (tertiary/aromatic N) is 1. The highest BCUT2D eigenvalue weighted by Crippen LogP contribution is 2.44. The average Bonchev–Trinajstić information content (AvgIpc) is 3.07. The Hall–Kier alpha value is -0.660. The molecule has 0 radical (unpaired) electrons. The summed E-state index contributed by atoms with van der Waals surface area (Å²) in [5.41, 5.74) is -0.665. The minimum Gasteiger partial charge on any atom is -0.386 e. The summed E-state index contributed by atoms with van der Waals surface area (Å²) in [6, 6.07) is -0.277. The van der Waals surface area contributed by atoms with E-state index in [1.807, 2.05) is 0 Å². The van der Waals surface area contributed by atoms with Crippen LogP contribution in [0.25, 0.3) is 0 Å². The summed E-state index contributed by atoms with van der Waals surface area (Å²) in [6.45, 7) is 1.25. The van der Waals surface area contributed by atoms with Crippen molar-refractivity contribution in [2.24, 2.45) is 5.92 Å². The van der Waals surface area contributed by atoms with Gasteiger partial charge in [-0.2, -0.15) is 0 Å². The van der Waals surface area contributed by atoms with E-state index in [9.17, 15) is 18.3 Å². The van der Waals surface area contributed by atoms with E-state index in [2.05, 4.69) is 5.32 Å². The third kappa shape index (κ3) is 2.78. The largest absolute Gasteiger partial charge is 0.386 e. The highest BCUT2D eigenvalue weighted by Gasteiger charge is 2.53. The summed E-state index contributed by atoms with van der Waals surface area (Å²) < 4.78 is 23.0. The van der Waals surface area contributed by atoms with Gasteiger partial charge in [0.15, 0.2) is 9.84 Å². The number of sulfone groups is 1. The Balaban J connectivity index is 1.49. The van der Waals surface area contributed by atoms with Crippen LogP contribution in [-0.2, 0) is 14.6 Å². The number of aliphatic hydroxyl groups is 1. The third-order valence-corrected chi connectivity index (χ3v) is 6.08. The molecule has 6 nitrogen and oxygen atoms in total. The van der Waals surface area contributed by atoms with Gasteiger partial charge in [0.1, 0.15) is 5.60 Å². The number of carbonyl (C=O) groups is 1. The van der Waals surface area contributed by atoms with Gasteiger partial charge in [-0.15, -0.1) is 0 Å². The molecule has 2 N–H and O–H groups in total. The van der Waals surface area contributed by atoms with E-state index in [4.69, 9.17) is 0 Å². The second-order valence-electron chi connectivity index (χ2n) is 6.10. The van der Waals surface area contributed by atoms with Crippen LogP contribution in [0.4, 0.5) is 0 Å². The molecular weight excluding hydrogens is 268 g/mol. The van der Waals surface area contributed by atoms with Crippen molar-refractivity contribution in [1.82, 2.24) is 10.2 Å². The molecule has 108 valence electrons. The quantitative estimate of drug-likeness (QED) is 0.677. The first-order valence-corrected chi connectivity index (χ1v) is 8.64. The zero-order valence-electron chi connectivity index (χ0n) is 10.8. The van der Waals surface area contributed by atoms with Crippen LogP contribution in [0, 0.1) is 5.92 Å². The van der Waals surface area contributed by atoms with Gasteiger partial charge in [-0.3, -0.25) is 4.79 Å². The maximum absolute atomic E-state index is 12.0. The first-order valence-electron chi connectivity index (χ1n) is 6.82. The van der Waals surface area contributed by atoms with Crippen molar-refractivity contribution >= 4 is 15.7 Å². The van der Waals surface area contributed by atoms with Crippen LogP contribution in [0.3, 0.4) is 0 Å². The molecule has 7 heteroatoms. The zero-order chi connectivity index (χ0) is 13.7. The van der Waals surface area contributed by atoms with Crippen molar-refractivity contribution in [2.45, 2.75) is 30.9 Å². The molecule has 1 atom stereocenters. The number of hydrogen-bond acceptors (Lipinski definition) is 5. The Bertz CT molecular complexity index is 480. The van der Waals surface area contributed by atoms with E-state index in [-0.39, 0.29) is 29.9 Å². The molecule has 2 aliphatic heterocycles. The molecule has 3 rings (SSSR count). The Morgan fingerprint density at radius 3 is 2.63 bits per heavy atom. The van der Waals surface area contributed by atoms with Gasteiger partial charge in [-0.05, 0) is 18.8 Å².